The van der Waals surface area contributed by atoms with Crippen LogP contribution in [0.2, 0.25) is 0 Å². The van der Waals surface area contributed by atoms with Crippen molar-refractivity contribution in [2.24, 2.45) is 5.92 Å². The normalized spacial score (nSPS) is 15.7. The number of hydrogen-bond acceptors (Lipinski definition) is 4. The molecule has 5 nitrogen and oxygen atoms in total. The van der Waals surface area contributed by atoms with E-state index in [1.54, 1.807) is 25.1 Å². The van der Waals surface area contributed by atoms with Crippen LogP contribution in [0.15, 0.2) is 36.5 Å². The van der Waals surface area contributed by atoms with E-state index in [-0.39, 0.29) is 17.5 Å². The molecule has 2 aromatic rings. The van der Waals surface area contributed by atoms with Crippen molar-refractivity contribution in [3.05, 3.63) is 63.6 Å². The smallest absolute Gasteiger partial charge is 0.290 e. The number of aromatic nitrogens is 1. The molecule has 1 N–H and O–H groups in total. The number of nitrogens with zero attached hydrogens (tertiary/aromatic N) is 2. The van der Waals surface area contributed by atoms with Gasteiger partial charge in [0.2, 0.25) is 0 Å². The molecule has 0 aliphatic heterocycles. The van der Waals surface area contributed by atoms with E-state index < -0.39 is 4.92 Å². The molecular weight excluding hydrogens is 297 g/mol. The molecule has 1 fully saturated rings. The van der Waals surface area contributed by atoms with Gasteiger partial charge in [0, 0.05) is 5.56 Å². The molecule has 1 aliphatic carbocycles. The average molecular weight is 315 g/mol. The van der Waals surface area contributed by atoms with Crippen LogP contribution in [0.25, 0.3) is 0 Å². The lowest BCUT2D eigenvalue weighted by Crippen LogP contribution is -2.26. The molecule has 120 valence electrons. The van der Waals surface area contributed by atoms with Crippen LogP contribution >= 0.6 is 0 Å². The van der Waals surface area contributed by atoms with Gasteiger partial charge in [0.1, 0.15) is 17.8 Å². The third-order valence-electron chi connectivity index (χ3n) is 4.43. The van der Waals surface area contributed by atoms with Crippen molar-refractivity contribution in [3.8, 4) is 0 Å². The number of anilines is 1. The van der Waals surface area contributed by atoms with E-state index in [1.807, 2.05) is 0 Å². The summed E-state index contributed by atoms with van der Waals surface area (Å²) in [5.74, 6) is 0.817. The molecule has 6 heteroatoms. The van der Waals surface area contributed by atoms with Gasteiger partial charge >= 0.3 is 0 Å². The van der Waals surface area contributed by atoms with E-state index in [0.29, 0.717) is 17.3 Å². The molecule has 3 rings (SSSR count). The molecular formula is C17H18FN3O2. The molecule has 23 heavy (non-hydrogen) atoms. The van der Waals surface area contributed by atoms with Gasteiger partial charge in [-0.3, -0.25) is 10.1 Å². The summed E-state index contributed by atoms with van der Waals surface area (Å²) >= 11 is 0. The summed E-state index contributed by atoms with van der Waals surface area (Å²) in [5, 5.41) is 14.2. The van der Waals surface area contributed by atoms with Crippen LogP contribution in [0, 0.1) is 28.8 Å². The molecule has 1 aliphatic rings. The maximum Gasteiger partial charge on any atom is 0.290 e. The van der Waals surface area contributed by atoms with E-state index in [1.165, 1.54) is 24.8 Å². The molecule has 0 spiro atoms. The zero-order chi connectivity index (χ0) is 16.4. The molecule has 0 radical (unpaired) electrons. The lowest BCUT2D eigenvalue weighted by molar-refractivity contribution is -0.385. The Labute approximate surface area is 133 Å². The van der Waals surface area contributed by atoms with Gasteiger partial charge in [0.05, 0.1) is 11.0 Å². The van der Waals surface area contributed by atoms with Gasteiger partial charge < -0.3 is 5.32 Å². The second-order valence-corrected chi connectivity index (χ2v) is 5.98. The minimum atomic E-state index is -0.435. The molecule has 0 amide bonds. The molecule has 1 atom stereocenters. The van der Waals surface area contributed by atoms with Crippen LogP contribution in [-0.2, 0) is 0 Å². The highest BCUT2D eigenvalue weighted by atomic mass is 19.1. The Bertz CT molecular complexity index is 714. The lowest BCUT2D eigenvalue weighted by Gasteiger charge is -2.35. The van der Waals surface area contributed by atoms with Gasteiger partial charge in [-0.2, -0.15) is 0 Å². The van der Waals surface area contributed by atoms with Gasteiger partial charge in [-0.15, -0.1) is 0 Å². The van der Waals surface area contributed by atoms with Gasteiger partial charge in [0.25, 0.3) is 5.69 Å². The maximum atomic E-state index is 13.2. The van der Waals surface area contributed by atoms with Crippen LogP contribution < -0.4 is 5.32 Å². The van der Waals surface area contributed by atoms with Crippen LogP contribution in [-0.4, -0.2) is 9.91 Å². The van der Waals surface area contributed by atoms with Crippen molar-refractivity contribution in [2.75, 3.05) is 5.32 Å². The summed E-state index contributed by atoms with van der Waals surface area (Å²) in [6.07, 6.45) is 4.69. The quantitative estimate of drug-likeness (QED) is 0.656. The minimum Gasteiger partial charge on any atom is -0.363 e. The van der Waals surface area contributed by atoms with Crippen LogP contribution in [0.5, 0.6) is 0 Å². The average Bonchev–Trinajstić information content (AvgIpc) is 2.45. The summed E-state index contributed by atoms with van der Waals surface area (Å²) in [6, 6.07) is 8.20. The molecule has 1 heterocycles. The highest BCUT2D eigenvalue weighted by Crippen LogP contribution is 2.39. The Hall–Kier alpha value is -2.50. The van der Waals surface area contributed by atoms with Gasteiger partial charge in [-0.1, -0.05) is 18.6 Å². The Morgan fingerprint density at radius 2 is 2.04 bits per heavy atom. The van der Waals surface area contributed by atoms with Crippen LogP contribution in [0.4, 0.5) is 15.9 Å². The van der Waals surface area contributed by atoms with Crippen molar-refractivity contribution in [2.45, 2.75) is 32.2 Å². The van der Waals surface area contributed by atoms with E-state index >= 15 is 0 Å². The first-order chi connectivity index (χ1) is 11.0. The monoisotopic (exact) mass is 315 g/mol. The number of aryl methyl sites for hydroxylation is 1. The van der Waals surface area contributed by atoms with Gasteiger partial charge in [0.15, 0.2) is 0 Å². The standard InChI is InChI=1S/C17H18FN3O2/c1-11-9-16(19-10-15(11)21(22)23)20-17(12-3-2-4-12)13-5-7-14(18)8-6-13/h5-10,12,17H,2-4H2,1H3,(H,19,20). The highest BCUT2D eigenvalue weighted by Gasteiger charge is 2.29. The second-order valence-electron chi connectivity index (χ2n) is 5.98. The summed E-state index contributed by atoms with van der Waals surface area (Å²) in [5.41, 5.74) is 1.59. The predicted octanol–water partition coefficient (Wildman–Crippen LogP) is 4.39. The minimum absolute atomic E-state index is 0.0116. The topological polar surface area (TPSA) is 68.1 Å². The van der Waals surface area contributed by atoms with Crippen molar-refractivity contribution in [3.63, 3.8) is 0 Å². The predicted molar refractivity (Wildman–Crippen MR) is 85.7 cm³/mol. The first-order valence-electron chi connectivity index (χ1n) is 7.67. The first kappa shape index (κ1) is 15.4. The third kappa shape index (κ3) is 3.31. The molecule has 1 saturated carbocycles. The number of nitro groups is 1. The second kappa shape index (κ2) is 6.32. The molecule has 0 saturated heterocycles. The van der Waals surface area contributed by atoms with Crippen molar-refractivity contribution >= 4 is 11.5 Å². The fourth-order valence-corrected chi connectivity index (χ4v) is 2.89. The largest absolute Gasteiger partial charge is 0.363 e. The highest BCUT2D eigenvalue weighted by molar-refractivity contribution is 5.48. The fourth-order valence-electron chi connectivity index (χ4n) is 2.89. The van der Waals surface area contributed by atoms with E-state index in [9.17, 15) is 14.5 Å². The first-order valence-corrected chi connectivity index (χ1v) is 7.67. The number of halogens is 1. The zero-order valence-electron chi connectivity index (χ0n) is 12.8. The lowest BCUT2D eigenvalue weighted by atomic mass is 9.77. The Balaban J connectivity index is 1.85. The van der Waals surface area contributed by atoms with Gasteiger partial charge in [-0.25, -0.2) is 9.37 Å². The summed E-state index contributed by atoms with van der Waals surface area (Å²) in [6.45, 7) is 1.70. The number of hydrogen-bond donors (Lipinski definition) is 1. The summed E-state index contributed by atoms with van der Waals surface area (Å²) in [7, 11) is 0. The number of pyridine rings is 1. The van der Waals surface area contributed by atoms with E-state index in [2.05, 4.69) is 10.3 Å². The maximum absolute atomic E-state index is 13.2. The van der Waals surface area contributed by atoms with Gasteiger partial charge in [-0.05, 0) is 49.4 Å². The molecule has 1 aromatic carbocycles. The Morgan fingerprint density at radius 3 is 2.57 bits per heavy atom. The van der Waals surface area contributed by atoms with Crippen LogP contribution in [0.3, 0.4) is 0 Å². The van der Waals surface area contributed by atoms with E-state index in [4.69, 9.17) is 0 Å². The van der Waals surface area contributed by atoms with Crippen molar-refractivity contribution in [1.82, 2.24) is 4.98 Å². The number of rotatable bonds is 5. The Kier molecular flexibility index (Phi) is 4.23. The molecule has 1 aromatic heterocycles. The number of nitrogens with one attached hydrogen (secondary N) is 1. The summed E-state index contributed by atoms with van der Waals surface area (Å²) < 4.78 is 13.2. The number of benzene rings is 1. The van der Waals surface area contributed by atoms with E-state index in [0.717, 1.165) is 18.4 Å². The SMILES string of the molecule is Cc1cc(NC(c2ccc(F)cc2)C2CCC2)ncc1[N+](=O)[O-]. The van der Waals surface area contributed by atoms with Crippen LogP contribution in [0.1, 0.15) is 36.4 Å². The molecule has 0 bridgehead atoms. The Morgan fingerprint density at radius 1 is 1.35 bits per heavy atom. The third-order valence-corrected chi connectivity index (χ3v) is 4.43. The zero-order valence-corrected chi connectivity index (χ0v) is 12.8. The molecule has 1 unspecified atom stereocenters. The van der Waals surface area contributed by atoms with Crippen molar-refractivity contribution < 1.29 is 9.31 Å². The fraction of sp³-hybridized carbons (Fsp3) is 0.353. The van der Waals surface area contributed by atoms with Crippen molar-refractivity contribution in [1.29, 1.82) is 0 Å². The summed E-state index contributed by atoms with van der Waals surface area (Å²) in [4.78, 5) is 14.6.